The molecular weight excluding hydrogens is 518 g/mol. The predicted molar refractivity (Wildman–Crippen MR) is 161 cm³/mol. The van der Waals surface area contributed by atoms with Gasteiger partial charge in [-0.3, -0.25) is 18.8 Å². The smallest absolute Gasteiger partial charge is 0.266 e. The summed E-state index contributed by atoms with van der Waals surface area (Å²) >= 11 is 0. The van der Waals surface area contributed by atoms with Crippen LogP contribution >= 0.6 is 0 Å². The highest BCUT2D eigenvalue weighted by Gasteiger charge is 2.25. The number of carbonyl (C=O) groups excluding carboxylic acids is 1. The zero-order valence-electron chi connectivity index (χ0n) is 22.9. The van der Waals surface area contributed by atoms with E-state index in [-0.39, 0.29) is 22.8 Å². The molecule has 0 bridgehead atoms. The minimum atomic E-state index is -0.690. The van der Waals surface area contributed by atoms with Gasteiger partial charge in [0, 0.05) is 32.1 Å². The number of amides is 1. The molecule has 3 N–H and O–H groups in total. The highest BCUT2D eigenvalue weighted by molar-refractivity contribution is 6.03. The van der Waals surface area contributed by atoms with E-state index < -0.39 is 11.9 Å². The van der Waals surface area contributed by atoms with E-state index >= 15 is 0 Å². The average Bonchev–Trinajstić information content (AvgIpc) is 3.51. The molecule has 5 aromatic rings. The highest BCUT2D eigenvalue weighted by atomic mass is 16.2. The number of hydrogen-bond donors (Lipinski definition) is 2. The van der Waals surface area contributed by atoms with Crippen LogP contribution in [0.5, 0.6) is 0 Å². The van der Waals surface area contributed by atoms with Gasteiger partial charge in [-0.15, -0.1) is 0 Å². The van der Waals surface area contributed by atoms with Gasteiger partial charge in [-0.1, -0.05) is 55.1 Å². The van der Waals surface area contributed by atoms with Gasteiger partial charge in [0.25, 0.3) is 11.5 Å². The Kier molecular flexibility index (Phi) is 7.42. The lowest BCUT2D eigenvalue weighted by atomic mass is 10.1. The first-order valence-corrected chi connectivity index (χ1v) is 12.8. The molecule has 0 spiro atoms. The molecule has 0 saturated heterocycles. The van der Waals surface area contributed by atoms with Crippen LogP contribution in [-0.4, -0.2) is 41.2 Å². The van der Waals surface area contributed by atoms with Crippen LogP contribution in [0.2, 0.25) is 0 Å². The van der Waals surface area contributed by atoms with Crippen LogP contribution in [0.1, 0.15) is 40.3 Å². The fourth-order valence-electron chi connectivity index (χ4n) is 4.60. The molecule has 5 rings (SSSR count). The zero-order valence-corrected chi connectivity index (χ0v) is 22.9. The number of hydrogen-bond acceptors (Lipinski definition) is 7. The number of nitrogens with zero attached hydrogens (tertiary/aromatic N) is 7. The molecule has 1 unspecified atom stereocenters. The third-order valence-electron chi connectivity index (χ3n) is 6.46. The second-order valence-electron chi connectivity index (χ2n) is 9.38. The minimum absolute atomic E-state index is 0.0328. The molecule has 3 heterocycles. The first-order chi connectivity index (χ1) is 19.8. The highest BCUT2D eigenvalue weighted by Crippen LogP contribution is 2.26. The molecule has 0 aliphatic carbocycles. The Labute approximate surface area is 236 Å². The van der Waals surface area contributed by atoms with E-state index in [2.05, 4.69) is 27.1 Å². The first-order valence-electron chi connectivity index (χ1n) is 12.8. The largest absolute Gasteiger partial charge is 0.381 e. The molecule has 1 amide bonds. The number of aliphatic imine (C=N–C) groups is 1. The summed E-state index contributed by atoms with van der Waals surface area (Å²) in [4.78, 5) is 36.7. The van der Waals surface area contributed by atoms with Crippen LogP contribution in [0.3, 0.4) is 0 Å². The molecule has 11 heteroatoms. The van der Waals surface area contributed by atoms with E-state index in [0.717, 1.165) is 5.56 Å². The van der Waals surface area contributed by atoms with E-state index in [1.807, 2.05) is 67.9 Å². The molecule has 41 heavy (non-hydrogen) atoms. The molecule has 1 atom stereocenters. The quantitative estimate of drug-likeness (QED) is 0.282. The average molecular weight is 548 g/mol. The first kappa shape index (κ1) is 27.0. The van der Waals surface area contributed by atoms with Crippen molar-refractivity contribution in [3.8, 4) is 5.69 Å². The Morgan fingerprint density at radius 1 is 1.12 bits per heavy atom. The monoisotopic (exact) mass is 547 g/mol. The van der Waals surface area contributed by atoms with E-state index in [1.54, 1.807) is 30.9 Å². The van der Waals surface area contributed by atoms with Crippen LogP contribution in [0.25, 0.3) is 28.7 Å². The number of aromatic nitrogens is 6. The summed E-state index contributed by atoms with van der Waals surface area (Å²) in [5.41, 5.74) is 8.66. The van der Waals surface area contributed by atoms with Gasteiger partial charge in [0.15, 0.2) is 11.6 Å². The molecule has 2 aromatic carbocycles. The van der Waals surface area contributed by atoms with Crippen LogP contribution in [0.15, 0.2) is 83.4 Å². The maximum Gasteiger partial charge on any atom is 0.266 e. The van der Waals surface area contributed by atoms with Gasteiger partial charge in [-0.2, -0.15) is 10.2 Å². The number of nitrogen functional groups attached to an aromatic ring is 1. The normalized spacial score (nSPS) is 12.4. The summed E-state index contributed by atoms with van der Waals surface area (Å²) in [5, 5.41) is 11.7. The summed E-state index contributed by atoms with van der Waals surface area (Å²) < 4.78 is 4.66. The number of carbonyl (C=O) groups is 1. The zero-order chi connectivity index (χ0) is 29.1. The Morgan fingerprint density at radius 2 is 1.90 bits per heavy atom. The van der Waals surface area contributed by atoms with Crippen molar-refractivity contribution < 1.29 is 4.79 Å². The van der Waals surface area contributed by atoms with Crippen LogP contribution in [0.4, 0.5) is 11.6 Å². The van der Waals surface area contributed by atoms with Gasteiger partial charge in [0.1, 0.15) is 11.4 Å². The minimum Gasteiger partial charge on any atom is -0.381 e. The lowest BCUT2D eigenvalue weighted by Crippen LogP contribution is -2.33. The number of nitrogens with one attached hydrogen (secondary N) is 1. The lowest BCUT2D eigenvalue weighted by molar-refractivity contribution is 0.0939. The molecule has 0 saturated carbocycles. The number of para-hydroxylation sites is 1. The molecule has 0 aliphatic heterocycles. The van der Waals surface area contributed by atoms with E-state index in [9.17, 15) is 9.59 Å². The number of anilines is 1. The van der Waals surface area contributed by atoms with Crippen molar-refractivity contribution in [2.24, 2.45) is 19.1 Å². The van der Waals surface area contributed by atoms with Crippen molar-refractivity contribution in [3.05, 3.63) is 106 Å². The SMILES string of the molecule is C=C/C=N\c1c(C(=O)NC(C)c2nc3cccc(/C=C/c4cnn(C)c4)c3c(=O)n2-c2ccccc2)c(N)nn1C. The summed E-state index contributed by atoms with van der Waals surface area (Å²) in [6, 6.07) is 14.0. The van der Waals surface area contributed by atoms with E-state index in [0.29, 0.717) is 28.0 Å². The van der Waals surface area contributed by atoms with Crippen LogP contribution in [-0.2, 0) is 14.1 Å². The maximum atomic E-state index is 14.2. The van der Waals surface area contributed by atoms with Gasteiger partial charge in [0.05, 0.1) is 28.8 Å². The summed E-state index contributed by atoms with van der Waals surface area (Å²) in [6.45, 7) is 5.38. The van der Waals surface area contributed by atoms with Crippen molar-refractivity contribution in [1.82, 2.24) is 34.4 Å². The van der Waals surface area contributed by atoms with Gasteiger partial charge < -0.3 is 11.1 Å². The second kappa shape index (κ2) is 11.3. The van der Waals surface area contributed by atoms with Crippen LogP contribution in [0, 0.1) is 0 Å². The summed E-state index contributed by atoms with van der Waals surface area (Å²) in [7, 11) is 3.49. The van der Waals surface area contributed by atoms with Crippen molar-refractivity contribution in [2.45, 2.75) is 13.0 Å². The number of fused-ring (bicyclic) bond motifs is 1. The van der Waals surface area contributed by atoms with E-state index in [1.165, 1.54) is 21.5 Å². The second-order valence-corrected chi connectivity index (χ2v) is 9.38. The molecule has 11 nitrogen and oxygen atoms in total. The Hall–Kier alpha value is -5.58. The summed E-state index contributed by atoms with van der Waals surface area (Å²) in [5.74, 6) is 0.171. The third kappa shape index (κ3) is 5.33. The molecule has 0 fully saturated rings. The fourth-order valence-corrected chi connectivity index (χ4v) is 4.60. The van der Waals surface area contributed by atoms with E-state index in [4.69, 9.17) is 10.7 Å². The van der Waals surface area contributed by atoms with Gasteiger partial charge in [0.2, 0.25) is 0 Å². The molecule has 0 aliphatic rings. The van der Waals surface area contributed by atoms with Gasteiger partial charge in [-0.25, -0.2) is 14.7 Å². The molecular formula is C30H29N9O2. The maximum absolute atomic E-state index is 14.2. The predicted octanol–water partition coefficient (Wildman–Crippen LogP) is 3.98. The van der Waals surface area contributed by atoms with Crippen molar-refractivity contribution in [2.75, 3.05) is 5.73 Å². The molecule has 206 valence electrons. The van der Waals surface area contributed by atoms with Crippen molar-refractivity contribution in [3.63, 3.8) is 0 Å². The number of benzene rings is 2. The fraction of sp³-hybridized carbons (Fsp3) is 0.133. The number of nitrogens with two attached hydrogens (primary N) is 1. The lowest BCUT2D eigenvalue weighted by Gasteiger charge is -2.20. The Bertz CT molecular complexity index is 1880. The van der Waals surface area contributed by atoms with Crippen molar-refractivity contribution in [1.29, 1.82) is 0 Å². The molecule has 0 radical (unpaired) electrons. The standard InChI is InChI=1S/C30H29N9O2/c1-5-16-32-28-25(26(31)36-38(28)4)29(40)34-19(2)27-35-23-13-9-10-21(15-14-20-17-33-37(3)18-20)24(23)30(41)39(27)22-11-7-6-8-12-22/h5-19H,1H2,2-4H3,(H2,31,36)(H,34,40)/b15-14+,32-16-. The Morgan fingerprint density at radius 3 is 2.61 bits per heavy atom. The van der Waals surface area contributed by atoms with Gasteiger partial charge in [-0.05, 0) is 30.7 Å². The van der Waals surface area contributed by atoms with Gasteiger partial charge >= 0.3 is 0 Å². The van der Waals surface area contributed by atoms with Crippen LogP contribution < -0.4 is 16.6 Å². The number of allylic oxidation sites excluding steroid dienone is 1. The number of aryl methyl sites for hydroxylation is 2. The summed E-state index contributed by atoms with van der Waals surface area (Å²) in [6.07, 6.45) is 10.3. The Balaban J connectivity index is 1.62. The topological polar surface area (TPSA) is 138 Å². The van der Waals surface area contributed by atoms with Crippen molar-refractivity contribution >= 4 is 46.8 Å². The third-order valence-corrected chi connectivity index (χ3v) is 6.46. The molecule has 3 aromatic heterocycles. The number of rotatable bonds is 8.